The average molecular weight is 290 g/mol. The van der Waals surface area contributed by atoms with Crippen LogP contribution >= 0.6 is 0 Å². The lowest BCUT2D eigenvalue weighted by Gasteiger charge is -2.28. The molecule has 1 aromatic rings. The van der Waals surface area contributed by atoms with Crippen LogP contribution in [-0.2, 0) is 11.3 Å². The highest BCUT2D eigenvalue weighted by atomic mass is 16.5. The highest BCUT2D eigenvalue weighted by molar-refractivity contribution is 5.79. The summed E-state index contributed by atoms with van der Waals surface area (Å²) in [4.78, 5) is 11.1. The van der Waals surface area contributed by atoms with Crippen molar-refractivity contribution in [1.82, 2.24) is 9.80 Å². The summed E-state index contributed by atoms with van der Waals surface area (Å²) in [7, 11) is 8.06. The van der Waals surface area contributed by atoms with Gasteiger partial charge in [0.1, 0.15) is 0 Å². The van der Waals surface area contributed by atoms with Gasteiger partial charge >= 0.3 is 0 Å². The Balaban J connectivity index is 2.00. The first kappa shape index (κ1) is 15.6. The number of aliphatic imine (C=N–C) groups is 1. The minimum absolute atomic E-state index is 0.703. The molecule has 1 aliphatic heterocycles. The fraction of sp³-hybridized carbons (Fsp3) is 0.562. The summed E-state index contributed by atoms with van der Waals surface area (Å²) in [5.74, 6) is 0.979. The van der Waals surface area contributed by atoms with E-state index in [1.54, 1.807) is 0 Å². The fourth-order valence-electron chi connectivity index (χ4n) is 2.48. The first-order chi connectivity index (χ1) is 10.1. The lowest BCUT2D eigenvalue weighted by Crippen LogP contribution is -2.36. The van der Waals surface area contributed by atoms with Crippen molar-refractivity contribution in [2.24, 2.45) is 4.99 Å². The van der Waals surface area contributed by atoms with Gasteiger partial charge in [0, 0.05) is 47.0 Å². The molecule has 1 heterocycles. The van der Waals surface area contributed by atoms with Gasteiger partial charge in [-0.3, -0.25) is 0 Å². The summed E-state index contributed by atoms with van der Waals surface area (Å²) in [5, 5.41) is 0. The minimum Gasteiger partial charge on any atom is -0.378 e. The maximum Gasteiger partial charge on any atom is 0.195 e. The quantitative estimate of drug-likeness (QED) is 0.624. The van der Waals surface area contributed by atoms with E-state index in [0.717, 1.165) is 32.3 Å². The molecule has 0 aliphatic carbocycles. The monoisotopic (exact) mass is 290 g/mol. The van der Waals surface area contributed by atoms with Crippen molar-refractivity contribution in [3.05, 3.63) is 29.8 Å². The summed E-state index contributed by atoms with van der Waals surface area (Å²) >= 11 is 0. The molecule has 0 unspecified atom stereocenters. The van der Waals surface area contributed by atoms with Gasteiger partial charge in [0.05, 0.1) is 19.8 Å². The zero-order chi connectivity index (χ0) is 15.2. The first-order valence-corrected chi connectivity index (χ1v) is 7.38. The van der Waals surface area contributed by atoms with Crippen LogP contribution in [0.25, 0.3) is 0 Å². The topological polar surface area (TPSA) is 31.3 Å². The Kier molecular flexibility index (Phi) is 5.44. The Bertz CT molecular complexity index is 452. The minimum atomic E-state index is 0.703. The second-order valence-corrected chi connectivity index (χ2v) is 5.67. The van der Waals surface area contributed by atoms with Gasteiger partial charge in [0.25, 0.3) is 0 Å². The molecule has 5 heteroatoms. The Hall–Kier alpha value is -1.75. The maximum atomic E-state index is 5.39. The summed E-state index contributed by atoms with van der Waals surface area (Å²) < 4.78 is 5.39. The summed E-state index contributed by atoms with van der Waals surface area (Å²) in [6.07, 6.45) is 0. The number of hydrogen-bond acceptors (Lipinski definition) is 3. The van der Waals surface area contributed by atoms with Crippen molar-refractivity contribution in [3.63, 3.8) is 0 Å². The third-order valence-corrected chi connectivity index (χ3v) is 3.52. The zero-order valence-corrected chi connectivity index (χ0v) is 13.5. The maximum absolute atomic E-state index is 5.39. The molecule has 1 aliphatic rings. The standard InChI is InChI=1S/C16H26N4O/c1-18(2)16(19(3)4)17-13-14-5-7-15(8-6-14)20-9-11-21-12-10-20/h5-8H,9-13H2,1-4H3. The van der Waals surface area contributed by atoms with E-state index < -0.39 is 0 Å². The van der Waals surface area contributed by atoms with Crippen LogP contribution in [0.4, 0.5) is 5.69 Å². The van der Waals surface area contributed by atoms with Gasteiger partial charge in [-0.2, -0.15) is 0 Å². The molecule has 0 bridgehead atoms. The summed E-state index contributed by atoms with van der Waals surface area (Å²) in [5.41, 5.74) is 2.50. The zero-order valence-electron chi connectivity index (χ0n) is 13.5. The number of morpholine rings is 1. The highest BCUT2D eigenvalue weighted by Gasteiger charge is 2.10. The number of benzene rings is 1. The average Bonchev–Trinajstić information content (AvgIpc) is 2.48. The summed E-state index contributed by atoms with van der Waals surface area (Å²) in [6.45, 7) is 4.29. The predicted octanol–water partition coefficient (Wildman–Crippen LogP) is 1.50. The van der Waals surface area contributed by atoms with E-state index in [-0.39, 0.29) is 0 Å². The van der Waals surface area contributed by atoms with Gasteiger partial charge in [-0.05, 0) is 17.7 Å². The molecular weight excluding hydrogens is 264 g/mol. The molecule has 0 saturated carbocycles. The van der Waals surface area contributed by atoms with Crippen LogP contribution in [0.1, 0.15) is 5.56 Å². The van der Waals surface area contributed by atoms with E-state index in [4.69, 9.17) is 4.74 Å². The molecule has 0 aromatic heterocycles. The van der Waals surface area contributed by atoms with Gasteiger partial charge in [0.2, 0.25) is 0 Å². The molecule has 2 rings (SSSR count). The molecule has 0 N–H and O–H groups in total. The van der Waals surface area contributed by atoms with Crippen LogP contribution in [0.3, 0.4) is 0 Å². The third kappa shape index (κ3) is 4.36. The lowest BCUT2D eigenvalue weighted by molar-refractivity contribution is 0.122. The van der Waals surface area contributed by atoms with Crippen molar-refractivity contribution in [2.45, 2.75) is 6.54 Å². The Labute approximate surface area is 127 Å². The molecule has 1 aromatic carbocycles. The molecule has 0 spiro atoms. The van der Waals surface area contributed by atoms with Crippen molar-refractivity contribution in [2.75, 3.05) is 59.4 Å². The Morgan fingerprint density at radius 1 is 1.05 bits per heavy atom. The lowest BCUT2D eigenvalue weighted by atomic mass is 10.2. The fourth-order valence-corrected chi connectivity index (χ4v) is 2.48. The van der Waals surface area contributed by atoms with Gasteiger partial charge in [-0.25, -0.2) is 4.99 Å². The number of hydrogen-bond donors (Lipinski definition) is 0. The molecule has 0 atom stereocenters. The van der Waals surface area contributed by atoms with Crippen LogP contribution in [0.15, 0.2) is 29.3 Å². The van der Waals surface area contributed by atoms with E-state index in [1.165, 1.54) is 11.3 Å². The van der Waals surface area contributed by atoms with Gasteiger partial charge < -0.3 is 19.4 Å². The van der Waals surface area contributed by atoms with Gasteiger partial charge in [-0.1, -0.05) is 12.1 Å². The van der Waals surface area contributed by atoms with Crippen LogP contribution in [0.2, 0.25) is 0 Å². The normalized spacial score (nSPS) is 14.8. The first-order valence-electron chi connectivity index (χ1n) is 7.38. The smallest absolute Gasteiger partial charge is 0.195 e. The van der Waals surface area contributed by atoms with E-state index in [9.17, 15) is 0 Å². The van der Waals surface area contributed by atoms with Gasteiger partial charge in [0.15, 0.2) is 5.96 Å². The molecule has 0 amide bonds. The number of rotatable bonds is 3. The Morgan fingerprint density at radius 2 is 1.62 bits per heavy atom. The van der Waals surface area contributed by atoms with Crippen LogP contribution in [-0.4, -0.2) is 70.3 Å². The summed E-state index contributed by atoms with van der Waals surface area (Å²) in [6, 6.07) is 8.69. The van der Waals surface area contributed by atoms with Crippen LogP contribution in [0, 0.1) is 0 Å². The molecule has 1 fully saturated rings. The predicted molar refractivity (Wildman–Crippen MR) is 88.0 cm³/mol. The highest BCUT2D eigenvalue weighted by Crippen LogP contribution is 2.17. The number of ether oxygens (including phenoxy) is 1. The van der Waals surface area contributed by atoms with Crippen molar-refractivity contribution >= 4 is 11.6 Å². The van der Waals surface area contributed by atoms with E-state index in [0.29, 0.717) is 6.54 Å². The SMILES string of the molecule is CN(C)C(=NCc1ccc(N2CCOCC2)cc1)N(C)C. The van der Waals surface area contributed by atoms with Crippen molar-refractivity contribution in [1.29, 1.82) is 0 Å². The Morgan fingerprint density at radius 3 is 2.14 bits per heavy atom. The largest absolute Gasteiger partial charge is 0.378 e. The van der Waals surface area contributed by atoms with Gasteiger partial charge in [-0.15, -0.1) is 0 Å². The van der Waals surface area contributed by atoms with Crippen LogP contribution in [0.5, 0.6) is 0 Å². The number of anilines is 1. The molecule has 21 heavy (non-hydrogen) atoms. The third-order valence-electron chi connectivity index (χ3n) is 3.52. The second kappa shape index (κ2) is 7.31. The number of guanidine groups is 1. The molecule has 0 radical (unpaired) electrons. The van der Waals surface area contributed by atoms with Crippen LogP contribution < -0.4 is 4.90 Å². The molecule has 1 saturated heterocycles. The van der Waals surface area contributed by atoms with Crippen molar-refractivity contribution < 1.29 is 4.74 Å². The molecular formula is C16H26N4O. The van der Waals surface area contributed by atoms with Crippen molar-refractivity contribution in [3.8, 4) is 0 Å². The molecule has 5 nitrogen and oxygen atoms in total. The second-order valence-electron chi connectivity index (χ2n) is 5.67. The van der Waals surface area contributed by atoms with E-state index >= 15 is 0 Å². The molecule has 116 valence electrons. The van der Waals surface area contributed by atoms with E-state index in [1.807, 2.05) is 38.0 Å². The number of nitrogens with zero attached hydrogens (tertiary/aromatic N) is 4. The van der Waals surface area contributed by atoms with E-state index in [2.05, 4.69) is 34.2 Å².